The van der Waals surface area contributed by atoms with Gasteiger partial charge in [-0.25, -0.2) is 0 Å². The van der Waals surface area contributed by atoms with Crippen molar-refractivity contribution in [3.63, 3.8) is 0 Å². The van der Waals surface area contributed by atoms with Crippen LogP contribution in [0.5, 0.6) is 0 Å². The molecule has 0 aliphatic heterocycles. The van der Waals surface area contributed by atoms with Gasteiger partial charge in [-0.15, -0.1) is 0 Å². The Labute approximate surface area is 96.9 Å². The van der Waals surface area contributed by atoms with Crippen molar-refractivity contribution in [1.29, 1.82) is 0 Å². The van der Waals surface area contributed by atoms with Crippen LogP contribution in [0.4, 0.5) is 0 Å². The highest BCUT2D eigenvalue weighted by Gasteiger charge is 2.30. The Morgan fingerprint density at radius 3 is 2.69 bits per heavy atom. The molecule has 94 valence electrons. The van der Waals surface area contributed by atoms with Crippen LogP contribution >= 0.6 is 0 Å². The number of carbonyl (C=O) groups excluding carboxylic acids is 1. The summed E-state index contributed by atoms with van der Waals surface area (Å²) in [5.74, 6) is 0.700. The predicted octanol–water partition coefficient (Wildman–Crippen LogP) is -0.236. The van der Waals surface area contributed by atoms with Crippen molar-refractivity contribution in [3.8, 4) is 0 Å². The monoisotopic (exact) mass is 230 g/mol. The third kappa shape index (κ3) is 5.44. The molecule has 1 unspecified atom stereocenters. The second-order valence-corrected chi connectivity index (χ2v) is 4.12. The maximum atomic E-state index is 11.4. The minimum absolute atomic E-state index is 0.0128. The van der Waals surface area contributed by atoms with Gasteiger partial charge in [-0.3, -0.25) is 4.79 Å². The van der Waals surface area contributed by atoms with Gasteiger partial charge in [0.2, 0.25) is 5.91 Å². The van der Waals surface area contributed by atoms with E-state index in [2.05, 4.69) is 10.6 Å². The Morgan fingerprint density at radius 2 is 2.12 bits per heavy atom. The summed E-state index contributed by atoms with van der Waals surface area (Å²) in [5.41, 5.74) is 0. The lowest BCUT2D eigenvalue weighted by atomic mass is 10.2. The van der Waals surface area contributed by atoms with Crippen LogP contribution in [0.15, 0.2) is 0 Å². The number of hydrogen-bond donors (Lipinski definition) is 2. The largest absolute Gasteiger partial charge is 0.383 e. The standard InChI is InChI=1S/C11H22N2O3/c1-15-6-5-12-11(14)7-13-10(8-16-2)9-3-4-9/h9-10,13H,3-8H2,1-2H3,(H,12,14). The zero-order chi connectivity index (χ0) is 11.8. The van der Waals surface area contributed by atoms with Crippen LogP contribution in [0.25, 0.3) is 0 Å². The molecule has 0 saturated heterocycles. The zero-order valence-electron chi connectivity index (χ0n) is 10.1. The maximum absolute atomic E-state index is 11.4. The summed E-state index contributed by atoms with van der Waals surface area (Å²) >= 11 is 0. The third-order valence-corrected chi connectivity index (χ3v) is 2.69. The van der Waals surface area contributed by atoms with Crippen molar-refractivity contribution in [2.75, 3.05) is 40.5 Å². The summed E-state index contributed by atoms with van der Waals surface area (Å²) < 4.78 is 9.97. The van der Waals surface area contributed by atoms with E-state index in [1.165, 1.54) is 12.8 Å². The summed E-state index contributed by atoms with van der Waals surface area (Å²) in [6.07, 6.45) is 2.48. The normalized spacial score (nSPS) is 17.1. The Balaban J connectivity index is 2.08. The third-order valence-electron chi connectivity index (χ3n) is 2.69. The number of rotatable bonds is 9. The molecule has 5 nitrogen and oxygen atoms in total. The minimum Gasteiger partial charge on any atom is -0.383 e. The summed E-state index contributed by atoms with van der Waals surface area (Å²) in [6.45, 7) is 2.15. The van der Waals surface area contributed by atoms with Crippen molar-refractivity contribution < 1.29 is 14.3 Å². The van der Waals surface area contributed by atoms with Gasteiger partial charge in [-0.1, -0.05) is 0 Å². The summed E-state index contributed by atoms with van der Waals surface area (Å²) in [7, 11) is 3.31. The van der Waals surface area contributed by atoms with Gasteiger partial charge in [0, 0.05) is 26.8 Å². The Kier molecular flexibility index (Phi) is 6.37. The number of methoxy groups -OCH3 is 2. The molecule has 0 aromatic heterocycles. The zero-order valence-corrected chi connectivity index (χ0v) is 10.1. The van der Waals surface area contributed by atoms with Gasteiger partial charge in [-0.2, -0.15) is 0 Å². The quantitative estimate of drug-likeness (QED) is 0.537. The van der Waals surface area contributed by atoms with Crippen molar-refractivity contribution in [2.24, 2.45) is 5.92 Å². The Morgan fingerprint density at radius 1 is 1.38 bits per heavy atom. The fourth-order valence-corrected chi connectivity index (χ4v) is 1.62. The van der Waals surface area contributed by atoms with Crippen LogP contribution in [-0.2, 0) is 14.3 Å². The number of ether oxygens (including phenoxy) is 2. The van der Waals surface area contributed by atoms with E-state index in [4.69, 9.17) is 9.47 Å². The van der Waals surface area contributed by atoms with Crippen LogP contribution in [0.2, 0.25) is 0 Å². The first kappa shape index (κ1) is 13.4. The number of nitrogens with one attached hydrogen (secondary N) is 2. The molecule has 0 bridgehead atoms. The lowest BCUT2D eigenvalue weighted by Gasteiger charge is -2.16. The molecule has 1 fully saturated rings. The smallest absolute Gasteiger partial charge is 0.234 e. The second kappa shape index (κ2) is 7.60. The highest BCUT2D eigenvalue weighted by molar-refractivity contribution is 5.77. The van der Waals surface area contributed by atoms with Gasteiger partial charge in [0.15, 0.2) is 0 Å². The Bertz CT molecular complexity index is 207. The average molecular weight is 230 g/mol. The van der Waals surface area contributed by atoms with Gasteiger partial charge in [0.05, 0.1) is 19.8 Å². The van der Waals surface area contributed by atoms with Crippen molar-refractivity contribution in [2.45, 2.75) is 18.9 Å². The van der Waals surface area contributed by atoms with E-state index in [0.29, 0.717) is 38.3 Å². The van der Waals surface area contributed by atoms with Gasteiger partial charge in [0.25, 0.3) is 0 Å². The minimum atomic E-state index is 0.0128. The molecule has 1 rings (SSSR count). The molecule has 0 aromatic rings. The molecule has 16 heavy (non-hydrogen) atoms. The lowest BCUT2D eigenvalue weighted by Crippen LogP contribution is -2.42. The molecule has 5 heteroatoms. The van der Waals surface area contributed by atoms with E-state index >= 15 is 0 Å². The molecule has 0 heterocycles. The maximum Gasteiger partial charge on any atom is 0.234 e. The molecular formula is C11H22N2O3. The summed E-state index contributed by atoms with van der Waals surface area (Å²) in [5, 5.41) is 6.00. The first-order valence-electron chi connectivity index (χ1n) is 5.76. The Hall–Kier alpha value is -0.650. The highest BCUT2D eigenvalue weighted by Crippen LogP contribution is 2.32. The molecule has 0 spiro atoms. The van der Waals surface area contributed by atoms with Gasteiger partial charge >= 0.3 is 0 Å². The average Bonchev–Trinajstić information content (AvgIpc) is 3.08. The van der Waals surface area contributed by atoms with E-state index in [1.54, 1.807) is 14.2 Å². The van der Waals surface area contributed by atoms with E-state index in [9.17, 15) is 4.79 Å². The molecule has 1 aliphatic rings. The number of carbonyl (C=O) groups is 1. The molecule has 1 saturated carbocycles. The van der Waals surface area contributed by atoms with Crippen LogP contribution < -0.4 is 10.6 Å². The van der Waals surface area contributed by atoms with Crippen LogP contribution in [-0.4, -0.2) is 52.5 Å². The number of hydrogen-bond acceptors (Lipinski definition) is 4. The lowest BCUT2D eigenvalue weighted by molar-refractivity contribution is -0.120. The molecule has 0 radical (unpaired) electrons. The predicted molar refractivity (Wildman–Crippen MR) is 61.3 cm³/mol. The second-order valence-electron chi connectivity index (χ2n) is 4.12. The SMILES string of the molecule is COCCNC(=O)CNC(COC)C1CC1. The molecule has 1 atom stereocenters. The molecular weight excluding hydrogens is 208 g/mol. The van der Waals surface area contributed by atoms with E-state index < -0.39 is 0 Å². The van der Waals surface area contributed by atoms with E-state index in [1.807, 2.05) is 0 Å². The topological polar surface area (TPSA) is 59.6 Å². The fourth-order valence-electron chi connectivity index (χ4n) is 1.62. The molecule has 0 aromatic carbocycles. The van der Waals surface area contributed by atoms with Crippen LogP contribution in [0, 0.1) is 5.92 Å². The first-order chi connectivity index (χ1) is 7.77. The van der Waals surface area contributed by atoms with Crippen molar-refractivity contribution >= 4 is 5.91 Å². The molecule has 2 N–H and O–H groups in total. The highest BCUT2D eigenvalue weighted by atomic mass is 16.5. The van der Waals surface area contributed by atoms with Gasteiger partial charge in [0.1, 0.15) is 0 Å². The first-order valence-corrected chi connectivity index (χ1v) is 5.76. The molecule has 1 amide bonds. The van der Waals surface area contributed by atoms with Crippen LogP contribution in [0.3, 0.4) is 0 Å². The molecule has 1 aliphatic carbocycles. The van der Waals surface area contributed by atoms with Crippen molar-refractivity contribution in [1.82, 2.24) is 10.6 Å². The summed E-state index contributed by atoms with van der Waals surface area (Å²) in [4.78, 5) is 11.4. The fraction of sp³-hybridized carbons (Fsp3) is 0.909. The summed E-state index contributed by atoms with van der Waals surface area (Å²) in [6, 6.07) is 0.318. The number of amides is 1. The van der Waals surface area contributed by atoms with E-state index in [-0.39, 0.29) is 5.91 Å². The van der Waals surface area contributed by atoms with Gasteiger partial charge < -0.3 is 20.1 Å². The van der Waals surface area contributed by atoms with E-state index in [0.717, 1.165) is 0 Å². The van der Waals surface area contributed by atoms with Gasteiger partial charge in [-0.05, 0) is 18.8 Å². The van der Waals surface area contributed by atoms with Crippen molar-refractivity contribution in [3.05, 3.63) is 0 Å². The van der Waals surface area contributed by atoms with Crippen LogP contribution in [0.1, 0.15) is 12.8 Å².